The van der Waals surface area contributed by atoms with Crippen LogP contribution in [0.2, 0.25) is 0 Å². The molecule has 84 valence electrons. The molecule has 0 heterocycles. The summed E-state index contributed by atoms with van der Waals surface area (Å²) in [6.45, 7) is 6.36. The van der Waals surface area contributed by atoms with Crippen molar-refractivity contribution < 1.29 is 15.0 Å². The zero-order valence-electron chi connectivity index (χ0n) is 9.16. The van der Waals surface area contributed by atoms with Gasteiger partial charge in [0.05, 0.1) is 12.5 Å². The first kappa shape index (κ1) is 13.4. The molecule has 0 aromatic heterocycles. The molecule has 0 aliphatic heterocycles. The Morgan fingerprint density at radius 3 is 2.36 bits per heavy atom. The number of aliphatic hydroxyl groups excluding tert-OH is 1. The lowest BCUT2D eigenvalue weighted by Crippen LogP contribution is -2.35. The number of carboxylic acid groups (broad SMARTS) is 1. The van der Waals surface area contributed by atoms with Crippen molar-refractivity contribution in [2.45, 2.75) is 45.8 Å². The van der Waals surface area contributed by atoms with Crippen molar-refractivity contribution in [1.29, 1.82) is 0 Å². The summed E-state index contributed by atoms with van der Waals surface area (Å²) in [6, 6.07) is -0.0886. The quantitative estimate of drug-likeness (QED) is 0.573. The molecule has 2 unspecified atom stereocenters. The lowest BCUT2D eigenvalue weighted by molar-refractivity contribution is -0.137. The van der Waals surface area contributed by atoms with Gasteiger partial charge in [-0.1, -0.05) is 13.8 Å². The van der Waals surface area contributed by atoms with Gasteiger partial charge in [-0.15, -0.1) is 0 Å². The third-order valence-corrected chi connectivity index (χ3v) is 1.93. The molecule has 0 aromatic carbocycles. The normalized spacial score (nSPS) is 15.5. The van der Waals surface area contributed by atoms with Crippen molar-refractivity contribution in [3.05, 3.63) is 0 Å². The first-order valence-corrected chi connectivity index (χ1v) is 5.05. The Morgan fingerprint density at radius 1 is 1.36 bits per heavy atom. The Bertz CT molecular complexity index is 171. The molecule has 0 radical (unpaired) electrons. The zero-order valence-corrected chi connectivity index (χ0v) is 9.16. The highest BCUT2D eigenvalue weighted by Gasteiger charge is 2.10. The van der Waals surface area contributed by atoms with Crippen LogP contribution < -0.4 is 5.32 Å². The number of hydrogen-bond donors (Lipinski definition) is 3. The highest BCUT2D eigenvalue weighted by Crippen LogP contribution is 2.03. The molecule has 4 nitrogen and oxygen atoms in total. The number of aliphatic hydroxyl groups is 1. The van der Waals surface area contributed by atoms with E-state index in [2.05, 4.69) is 5.32 Å². The molecule has 2 atom stereocenters. The van der Waals surface area contributed by atoms with Crippen LogP contribution in [0.25, 0.3) is 0 Å². The van der Waals surface area contributed by atoms with Gasteiger partial charge in [-0.25, -0.2) is 0 Å². The van der Waals surface area contributed by atoms with Gasteiger partial charge >= 0.3 is 5.97 Å². The van der Waals surface area contributed by atoms with E-state index < -0.39 is 5.97 Å². The van der Waals surface area contributed by atoms with E-state index in [4.69, 9.17) is 5.11 Å². The Morgan fingerprint density at radius 2 is 1.93 bits per heavy atom. The monoisotopic (exact) mass is 203 g/mol. The number of carbonyl (C=O) groups is 1. The van der Waals surface area contributed by atoms with Gasteiger partial charge in [0.1, 0.15) is 0 Å². The van der Waals surface area contributed by atoms with Crippen LogP contribution in [0, 0.1) is 5.92 Å². The minimum Gasteiger partial charge on any atom is -0.481 e. The smallest absolute Gasteiger partial charge is 0.304 e. The standard InChI is InChI=1S/C10H21NO3/c1-7(2)4-9(12)6-11-8(3)5-10(13)14/h7-9,11-12H,4-6H2,1-3H3,(H,13,14). The molecule has 0 spiro atoms. The van der Waals surface area contributed by atoms with E-state index in [1.54, 1.807) is 6.92 Å². The predicted octanol–water partition coefficient (Wildman–Crippen LogP) is 0.846. The summed E-state index contributed by atoms with van der Waals surface area (Å²) >= 11 is 0. The largest absolute Gasteiger partial charge is 0.481 e. The van der Waals surface area contributed by atoms with Crippen LogP contribution in [-0.4, -0.2) is 34.9 Å². The molecule has 0 aromatic rings. The van der Waals surface area contributed by atoms with Crippen LogP contribution in [-0.2, 0) is 4.79 Å². The molecular weight excluding hydrogens is 182 g/mol. The summed E-state index contributed by atoms with van der Waals surface area (Å²) < 4.78 is 0. The topological polar surface area (TPSA) is 69.6 Å². The van der Waals surface area contributed by atoms with Crippen LogP contribution >= 0.6 is 0 Å². The number of nitrogens with one attached hydrogen (secondary N) is 1. The molecule has 0 aliphatic rings. The summed E-state index contributed by atoms with van der Waals surface area (Å²) in [7, 11) is 0. The first-order valence-electron chi connectivity index (χ1n) is 5.05. The first-order chi connectivity index (χ1) is 6.41. The molecule has 0 bridgehead atoms. The lowest BCUT2D eigenvalue weighted by Gasteiger charge is -2.17. The van der Waals surface area contributed by atoms with Crippen LogP contribution in [0.5, 0.6) is 0 Å². The molecule has 4 heteroatoms. The fourth-order valence-corrected chi connectivity index (χ4v) is 1.30. The Labute approximate surface area is 85.3 Å². The van der Waals surface area contributed by atoms with Crippen LogP contribution in [0.3, 0.4) is 0 Å². The van der Waals surface area contributed by atoms with Gasteiger partial charge in [0, 0.05) is 12.6 Å². The summed E-state index contributed by atoms with van der Waals surface area (Å²) in [6.07, 6.45) is 0.451. The number of carboxylic acids is 1. The lowest BCUT2D eigenvalue weighted by atomic mass is 10.1. The van der Waals surface area contributed by atoms with Gasteiger partial charge < -0.3 is 15.5 Å². The van der Waals surface area contributed by atoms with Gasteiger partial charge in [0.25, 0.3) is 0 Å². The molecule has 3 N–H and O–H groups in total. The van der Waals surface area contributed by atoms with Crippen molar-refractivity contribution >= 4 is 5.97 Å². The van der Waals surface area contributed by atoms with E-state index in [0.717, 1.165) is 6.42 Å². The minimum absolute atomic E-state index is 0.0886. The average molecular weight is 203 g/mol. The SMILES string of the molecule is CC(C)CC(O)CNC(C)CC(=O)O. The van der Waals surface area contributed by atoms with Crippen LogP contribution in [0.1, 0.15) is 33.6 Å². The van der Waals surface area contributed by atoms with Crippen LogP contribution in [0.15, 0.2) is 0 Å². The van der Waals surface area contributed by atoms with Gasteiger partial charge in [-0.3, -0.25) is 4.79 Å². The summed E-state index contributed by atoms with van der Waals surface area (Å²) in [5.41, 5.74) is 0. The zero-order chi connectivity index (χ0) is 11.1. The Kier molecular flexibility index (Phi) is 6.49. The van der Waals surface area contributed by atoms with Crippen molar-refractivity contribution in [3.8, 4) is 0 Å². The summed E-state index contributed by atoms with van der Waals surface area (Å²) in [5, 5.41) is 21.0. The molecule has 14 heavy (non-hydrogen) atoms. The van der Waals surface area contributed by atoms with E-state index in [1.165, 1.54) is 0 Å². The second-order valence-electron chi connectivity index (χ2n) is 4.19. The predicted molar refractivity (Wildman–Crippen MR) is 55.2 cm³/mol. The second-order valence-corrected chi connectivity index (χ2v) is 4.19. The molecule has 0 amide bonds. The molecule has 0 aliphatic carbocycles. The van der Waals surface area contributed by atoms with E-state index in [-0.39, 0.29) is 18.6 Å². The molecular formula is C10H21NO3. The van der Waals surface area contributed by atoms with Crippen molar-refractivity contribution in [2.75, 3.05) is 6.54 Å². The number of hydrogen-bond acceptors (Lipinski definition) is 3. The minimum atomic E-state index is -0.816. The maximum absolute atomic E-state index is 10.3. The fraction of sp³-hybridized carbons (Fsp3) is 0.900. The van der Waals surface area contributed by atoms with Crippen molar-refractivity contribution in [2.24, 2.45) is 5.92 Å². The number of aliphatic carboxylic acids is 1. The van der Waals surface area contributed by atoms with Gasteiger partial charge in [-0.2, -0.15) is 0 Å². The van der Waals surface area contributed by atoms with Gasteiger partial charge in [0.15, 0.2) is 0 Å². The number of rotatable bonds is 7. The molecule has 0 saturated heterocycles. The van der Waals surface area contributed by atoms with E-state index in [1.807, 2.05) is 13.8 Å². The second kappa shape index (κ2) is 6.79. The summed E-state index contributed by atoms with van der Waals surface area (Å²) in [5.74, 6) is -0.357. The Hall–Kier alpha value is -0.610. The molecule has 0 saturated carbocycles. The van der Waals surface area contributed by atoms with Crippen molar-refractivity contribution in [3.63, 3.8) is 0 Å². The third-order valence-electron chi connectivity index (χ3n) is 1.93. The third kappa shape index (κ3) is 8.01. The van der Waals surface area contributed by atoms with Crippen molar-refractivity contribution in [1.82, 2.24) is 5.32 Å². The van der Waals surface area contributed by atoms with E-state index in [0.29, 0.717) is 12.5 Å². The maximum Gasteiger partial charge on any atom is 0.304 e. The van der Waals surface area contributed by atoms with Gasteiger partial charge in [-0.05, 0) is 19.3 Å². The van der Waals surface area contributed by atoms with E-state index >= 15 is 0 Å². The van der Waals surface area contributed by atoms with Crippen LogP contribution in [0.4, 0.5) is 0 Å². The van der Waals surface area contributed by atoms with Gasteiger partial charge in [0.2, 0.25) is 0 Å². The summed E-state index contributed by atoms with van der Waals surface area (Å²) in [4.78, 5) is 10.3. The highest BCUT2D eigenvalue weighted by molar-refractivity contribution is 5.67. The molecule has 0 fully saturated rings. The van der Waals surface area contributed by atoms with E-state index in [9.17, 15) is 9.90 Å². The Balaban J connectivity index is 3.55. The maximum atomic E-state index is 10.3. The highest BCUT2D eigenvalue weighted by atomic mass is 16.4. The molecule has 0 rings (SSSR count). The average Bonchev–Trinajstić information content (AvgIpc) is 1.98. The fourth-order valence-electron chi connectivity index (χ4n) is 1.30.